The fourth-order valence-electron chi connectivity index (χ4n) is 2.31. The maximum atomic E-state index is 6.17. The van der Waals surface area contributed by atoms with E-state index in [9.17, 15) is 0 Å². The number of ether oxygens (including phenoxy) is 1. The predicted molar refractivity (Wildman–Crippen MR) is 86.6 cm³/mol. The van der Waals surface area contributed by atoms with Gasteiger partial charge in [-0.1, -0.05) is 6.07 Å². The number of aromatic nitrogens is 1. The summed E-state index contributed by atoms with van der Waals surface area (Å²) in [6, 6.07) is 6.08. The number of nitrogens with zero attached hydrogens (tertiary/aromatic N) is 3. The first-order chi connectivity index (χ1) is 10.1. The van der Waals surface area contributed by atoms with E-state index in [2.05, 4.69) is 28.7 Å². The van der Waals surface area contributed by atoms with Gasteiger partial charge in [-0.25, -0.2) is 4.98 Å². The molecule has 0 saturated carbocycles. The Morgan fingerprint density at radius 1 is 1.43 bits per heavy atom. The maximum absolute atomic E-state index is 6.17. The zero-order valence-corrected chi connectivity index (χ0v) is 13.0. The Balaban J connectivity index is 2.18. The van der Waals surface area contributed by atoms with Crippen LogP contribution in [0.4, 0.5) is 0 Å². The average Bonchev–Trinajstić information content (AvgIpc) is 2.73. The van der Waals surface area contributed by atoms with Crippen LogP contribution in [0.25, 0.3) is 5.70 Å². The van der Waals surface area contributed by atoms with Gasteiger partial charge in [-0.3, -0.25) is 9.89 Å². The lowest BCUT2D eigenvalue weighted by Crippen LogP contribution is -2.35. The van der Waals surface area contributed by atoms with Crippen molar-refractivity contribution in [2.24, 2.45) is 10.7 Å². The molecule has 0 fully saturated rings. The van der Waals surface area contributed by atoms with Crippen molar-refractivity contribution >= 4 is 11.4 Å². The number of rotatable bonds is 4. The van der Waals surface area contributed by atoms with Gasteiger partial charge in [0.2, 0.25) is 5.88 Å². The Bertz CT molecular complexity index is 537. The second kappa shape index (κ2) is 7.22. The Labute approximate surface area is 126 Å². The second-order valence-electron chi connectivity index (χ2n) is 5.46. The van der Waals surface area contributed by atoms with E-state index < -0.39 is 0 Å². The molecule has 0 aliphatic carbocycles. The highest BCUT2D eigenvalue weighted by Gasteiger charge is 2.14. The van der Waals surface area contributed by atoms with Gasteiger partial charge in [0, 0.05) is 31.7 Å². The lowest BCUT2D eigenvalue weighted by atomic mass is 10.2. The predicted octanol–water partition coefficient (Wildman–Crippen LogP) is 1.94. The van der Waals surface area contributed by atoms with E-state index >= 15 is 0 Å². The summed E-state index contributed by atoms with van der Waals surface area (Å²) < 4.78 is 5.13. The van der Waals surface area contributed by atoms with Gasteiger partial charge >= 0.3 is 0 Å². The Morgan fingerprint density at radius 3 is 2.95 bits per heavy atom. The van der Waals surface area contributed by atoms with Crippen LogP contribution < -0.4 is 10.5 Å². The molecular weight excluding hydrogens is 264 g/mol. The van der Waals surface area contributed by atoms with Crippen LogP contribution in [0, 0.1) is 0 Å². The minimum absolute atomic E-state index is 0.512. The molecule has 0 bridgehead atoms. The zero-order chi connectivity index (χ0) is 15.2. The Morgan fingerprint density at radius 2 is 2.24 bits per heavy atom. The second-order valence-corrected chi connectivity index (χ2v) is 5.46. The summed E-state index contributed by atoms with van der Waals surface area (Å²) in [5, 5.41) is 0. The minimum Gasteiger partial charge on any atom is -0.481 e. The molecule has 2 rings (SSSR count). The van der Waals surface area contributed by atoms with Crippen LogP contribution >= 0.6 is 0 Å². The highest BCUT2D eigenvalue weighted by molar-refractivity contribution is 6.01. The third-order valence-electron chi connectivity index (χ3n) is 3.56. The van der Waals surface area contributed by atoms with Gasteiger partial charge < -0.3 is 10.5 Å². The molecule has 0 unspecified atom stereocenters. The van der Waals surface area contributed by atoms with Crippen molar-refractivity contribution in [2.45, 2.75) is 26.3 Å². The first kappa shape index (κ1) is 15.5. The van der Waals surface area contributed by atoms with Gasteiger partial charge in [0.1, 0.15) is 0 Å². The molecule has 0 saturated heterocycles. The molecule has 1 aliphatic rings. The average molecular weight is 288 g/mol. The van der Waals surface area contributed by atoms with Crippen molar-refractivity contribution in [1.82, 2.24) is 9.88 Å². The van der Waals surface area contributed by atoms with Crippen molar-refractivity contribution in [3.63, 3.8) is 0 Å². The first-order valence-corrected chi connectivity index (χ1v) is 7.36. The van der Waals surface area contributed by atoms with Gasteiger partial charge in [-0.2, -0.15) is 0 Å². The summed E-state index contributed by atoms with van der Waals surface area (Å²) >= 11 is 0. The van der Waals surface area contributed by atoms with Crippen LogP contribution in [0.2, 0.25) is 0 Å². The van der Waals surface area contributed by atoms with E-state index in [1.807, 2.05) is 18.2 Å². The molecule has 0 aromatic carbocycles. The molecule has 0 atom stereocenters. The van der Waals surface area contributed by atoms with E-state index in [-0.39, 0.29) is 0 Å². The number of pyridine rings is 1. The topological polar surface area (TPSA) is 63.7 Å². The van der Waals surface area contributed by atoms with Crippen LogP contribution in [-0.2, 0) is 0 Å². The largest absolute Gasteiger partial charge is 0.481 e. The Hall–Kier alpha value is -1.88. The molecular formula is C16H24N4O. The van der Waals surface area contributed by atoms with Gasteiger partial charge in [0.25, 0.3) is 0 Å². The third-order valence-corrected chi connectivity index (χ3v) is 3.56. The summed E-state index contributed by atoms with van der Waals surface area (Å²) in [7, 11) is 1.60. The number of aliphatic imine (C=N–C) groups is 1. The Kier molecular flexibility index (Phi) is 5.33. The van der Waals surface area contributed by atoms with Crippen LogP contribution in [0.5, 0.6) is 5.88 Å². The van der Waals surface area contributed by atoms with E-state index in [1.54, 1.807) is 13.2 Å². The van der Waals surface area contributed by atoms with Gasteiger partial charge in [-0.15, -0.1) is 0 Å². The fourth-order valence-corrected chi connectivity index (χ4v) is 2.31. The first-order valence-electron chi connectivity index (χ1n) is 7.36. The van der Waals surface area contributed by atoms with Crippen LogP contribution in [0.15, 0.2) is 29.3 Å². The summed E-state index contributed by atoms with van der Waals surface area (Å²) in [5.41, 5.74) is 8.53. The quantitative estimate of drug-likeness (QED) is 0.919. The lowest BCUT2D eigenvalue weighted by Gasteiger charge is -2.24. The zero-order valence-electron chi connectivity index (χ0n) is 13.0. The van der Waals surface area contributed by atoms with Crippen LogP contribution in [0.1, 0.15) is 26.0 Å². The van der Waals surface area contributed by atoms with Gasteiger partial charge in [-0.05, 0) is 32.4 Å². The fraction of sp³-hybridized carbons (Fsp3) is 0.500. The third kappa shape index (κ3) is 4.29. The molecule has 2 heterocycles. The standard InChI is InChI=1S/C16H24N4O/c1-12(2)20-9-5-8-18-13(11-20)10-14(17)15-6-4-7-16(19-15)21-3/h4,6-7,10,12H,5,8-9,11,17H2,1-3H3/b14-10-. The summed E-state index contributed by atoms with van der Waals surface area (Å²) in [4.78, 5) is 11.4. The minimum atomic E-state index is 0.512. The molecule has 2 N–H and O–H groups in total. The van der Waals surface area contributed by atoms with Crippen molar-refractivity contribution in [3.8, 4) is 5.88 Å². The van der Waals surface area contributed by atoms with Crippen molar-refractivity contribution in [3.05, 3.63) is 30.0 Å². The maximum Gasteiger partial charge on any atom is 0.213 e. The molecule has 5 nitrogen and oxygen atoms in total. The summed E-state index contributed by atoms with van der Waals surface area (Å²) in [6.07, 6.45) is 3.02. The molecule has 0 amide bonds. The normalized spacial score (nSPS) is 17.5. The SMILES string of the molecule is COc1cccc(/C(N)=C/C2=NCCCN(C(C)C)C2)n1. The molecule has 21 heavy (non-hydrogen) atoms. The van der Waals surface area contributed by atoms with E-state index in [0.29, 0.717) is 17.6 Å². The lowest BCUT2D eigenvalue weighted by molar-refractivity contribution is 0.257. The molecule has 1 aromatic rings. The van der Waals surface area contributed by atoms with E-state index in [0.717, 1.165) is 37.5 Å². The number of methoxy groups -OCH3 is 1. The molecule has 114 valence electrons. The molecule has 0 radical (unpaired) electrons. The number of hydrogen-bond acceptors (Lipinski definition) is 5. The van der Waals surface area contributed by atoms with Gasteiger partial charge in [0.15, 0.2) is 0 Å². The number of nitrogens with two attached hydrogens (primary N) is 1. The molecule has 0 spiro atoms. The molecule has 1 aromatic heterocycles. The molecule has 5 heteroatoms. The summed E-state index contributed by atoms with van der Waals surface area (Å²) in [6.45, 7) is 7.19. The van der Waals surface area contributed by atoms with Gasteiger partial charge in [0.05, 0.1) is 24.2 Å². The monoisotopic (exact) mass is 288 g/mol. The summed E-state index contributed by atoms with van der Waals surface area (Å²) in [5.74, 6) is 0.565. The van der Waals surface area contributed by atoms with Crippen molar-refractivity contribution in [1.29, 1.82) is 0 Å². The van der Waals surface area contributed by atoms with E-state index in [4.69, 9.17) is 10.5 Å². The van der Waals surface area contributed by atoms with E-state index in [1.165, 1.54) is 0 Å². The molecule has 1 aliphatic heterocycles. The highest BCUT2D eigenvalue weighted by atomic mass is 16.5. The van der Waals surface area contributed by atoms with Crippen LogP contribution in [0.3, 0.4) is 0 Å². The number of hydrogen-bond donors (Lipinski definition) is 1. The highest BCUT2D eigenvalue weighted by Crippen LogP contribution is 2.13. The van der Waals surface area contributed by atoms with Crippen molar-refractivity contribution < 1.29 is 4.74 Å². The smallest absolute Gasteiger partial charge is 0.213 e. The van der Waals surface area contributed by atoms with Crippen molar-refractivity contribution in [2.75, 3.05) is 26.7 Å². The van der Waals surface area contributed by atoms with Crippen LogP contribution in [-0.4, -0.2) is 48.4 Å².